The number of carbonyl (C=O) groups is 5. The van der Waals surface area contributed by atoms with E-state index in [0.717, 1.165) is 106 Å². The third kappa shape index (κ3) is 14.1. The van der Waals surface area contributed by atoms with Gasteiger partial charge in [-0.2, -0.15) is 13.2 Å². The van der Waals surface area contributed by atoms with E-state index in [-0.39, 0.29) is 29.5 Å². The third-order valence-electron chi connectivity index (χ3n) is 19.2. The molecule has 0 radical (unpaired) electrons. The number of thioether (sulfide) groups is 1. The molecule has 3 saturated heterocycles. The number of carbonyl (C=O) groups excluding carboxylic acids is 5. The molecule has 4 aliphatic carbocycles. The van der Waals surface area contributed by atoms with Crippen LogP contribution in [0.15, 0.2) is 117 Å². The van der Waals surface area contributed by atoms with Gasteiger partial charge in [-0.15, -0.1) is 11.8 Å². The number of rotatable bonds is 24. The zero-order valence-corrected chi connectivity index (χ0v) is 53.2. The number of piperazine rings is 2. The van der Waals surface area contributed by atoms with Gasteiger partial charge in [0.25, 0.3) is 37.6 Å². The molecular formula is C65H80F3N9O9S3. The fourth-order valence-corrected chi connectivity index (χ4v) is 17.6. The number of sulfonamides is 1. The summed E-state index contributed by atoms with van der Waals surface area (Å²) in [5.41, 5.74) is 0.271. The van der Waals surface area contributed by atoms with Gasteiger partial charge in [-0.05, 0) is 154 Å². The summed E-state index contributed by atoms with van der Waals surface area (Å²) in [6, 6.07) is 21.7. The van der Waals surface area contributed by atoms with Gasteiger partial charge in [0.05, 0.1) is 21.7 Å². The lowest BCUT2D eigenvalue weighted by Gasteiger charge is -2.72. The standard InChI is InChI=1S/C65H80F3N9O9S3/c1-62(2)25-23-45(51(38-62)64-41-63(3,42-64)43-64)39-75-33-35-76(36-34-75)47-17-15-44(16-18-47)58(79)72-89(85,86)49-19-20-52(55(37-49)88(83,84)65(66,67)68)70-46(40-87-48-11-6-4-7-12-48)24-28-74-31-29-73(30-32-74)27-9-5-8-26-69-53-14-10-13-50-57(53)61(82)77(60(50)81)54-21-22-56(78)71-59(54)80/h4,6-7,10-20,37,46,54,69-70H,5,8-9,21-36,38-43H2,1-3H3,(H,72,79)(H,71,78,80). The van der Waals surface area contributed by atoms with Crippen LogP contribution in [0.3, 0.4) is 0 Å². The van der Waals surface area contributed by atoms with Crippen LogP contribution in [0, 0.1) is 16.2 Å². The third-order valence-corrected chi connectivity index (χ3v) is 23.3. The number of imide groups is 2. The Hall–Kier alpha value is -6.31. The monoisotopic (exact) mass is 1280 g/mol. The lowest BCUT2D eigenvalue weighted by atomic mass is 9.33. The zero-order chi connectivity index (χ0) is 63.1. The zero-order valence-electron chi connectivity index (χ0n) is 50.8. The molecule has 4 aromatic carbocycles. The molecule has 2 unspecified atom stereocenters. The van der Waals surface area contributed by atoms with E-state index in [4.69, 9.17) is 0 Å². The highest BCUT2D eigenvalue weighted by atomic mass is 32.2. The second-order valence-corrected chi connectivity index (χ2v) is 31.2. The molecule has 12 rings (SSSR count). The predicted molar refractivity (Wildman–Crippen MR) is 336 cm³/mol. The van der Waals surface area contributed by atoms with Crippen molar-refractivity contribution < 1.29 is 54.0 Å². The average molecular weight is 1280 g/mol. The van der Waals surface area contributed by atoms with E-state index in [9.17, 15) is 54.0 Å². The number of unbranched alkanes of at least 4 members (excludes halogenated alkanes) is 2. The summed E-state index contributed by atoms with van der Waals surface area (Å²) in [5.74, 6) is -2.94. The van der Waals surface area contributed by atoms with Crippen LogP contribution in [0.1, 0.15) is 129 Å². The minimum Gasteiger partial charge on any atom is -0.384 e. The Labute approximate surface area is 524 Å². The first-order chi connectivity index (χ1) is 42.3. The number of anilines is 3. The molecule has 4 heterocycles. The van der Waals surface area contributed by atoms with Crippen LogP contribution < -0.4 is 25.6 Å². The second kappa shape index (κ2) is 25.8. The molecular weight excluding hydrogens is 1200 g/mol. The normalized spacial score (nSPS) is 23.8. The van der Waals surface area contributed by atoms with Crippen LogP contribution in [-0.2, 0) is 29.4 Å². The number of allylic oxidation sites excluding steroid dienone is 1. The average Bonchev–Trinajstić information content (AvgIpc) is 1.29. The van der Waals surface area contributed by atoms with E-state index in [1.54, 1.807) is 41.5 Å². The van der Waals surface area contributed by atoms with Crippen LogP contribution in [-0.4, -0.2) is 168 Å². The lowest BCUT2D eigenvalue weighted by molar-refractivity contribution is -0.167. The maximum absolute atomic E-state index is 14.5. The van der Waals surface area contributed by atoms with Crippen molar-refractivity contribution in [2.75, 3.05) is 99.8 Å². The van der Waals surface area contributed by atoms with Crippen molar-refractivity contribution in [3.63, 3.8) is 0 Å². The molecule has 5 amide bonds. The summed E-state index contributed by atoms with van der Waals surface area (Å²) in [4.78, 5) is 73.6. The summed E-state index contributed by atoms with van der Waals surface area (Å²) in [6.45, 7) is 16.4. The Morgan fingerprint density at radius 2 is 1.44 bits per heavy atom. The molecule has 4 aromatic rings. The maximum Gasteiger partial charge on any atom is 0.501 e. The Morgan fingerprint density at radius 1 is 0.753 bits per heavy atom. The van der Waals surface area contributed by atoms with E-state index in [1.165, 1.54) is 56.0 Å². The van der Waals surface area contributed by atoms with Crippen molar-refractivity contribution in [2.45, 2.75) is 130 Å². The fourth-order valence-electron chi connectivity index (χ4n) is 14.5. The van der Waals surface area contributed by atoms with Crippen molar-refractivity contribution >= 4 is 78.2 Å². The molecule has 6 fully saturated rings. The minimum absolute atomic E-state index is 0.00102. The van der Waals surface area contributed by atoms with Gasteiger partial charge in [0.2, 0.25) is 11.8 Å². The van der Waals surface area contributed by atoms with Gasteiger partial charge >= 0.3 is 5.51 Å². The van der Waals surface area contributed by atoms with Crippen molar-refractivity contribution in [2.24, 2.45) is 16.2 Å². The van der Waals surface area contributed by atoms with Crippen LogP contribution in [0.2, 0.25) is 0 Å². The Kier molecular flexibility index (Phi) is 18.6. The highest BCUT2D eigenvalue weighted by Crippen LogP contribution is 2.77. The van der Waals surface area contributed by atoms with Gasteiger partial charge in [0.15, 0.2) is 0 Å². The number of nitrogens with zero attached hydrogens (tertiary/aromatic N) is 5. The number of hydrogen-bond donors (Lipinski definition) is 4. The number of alkyl halides is 3. The largest absolute Gasteiger partial charge is 0.501 e. The molecule has 0 spiro atoms. The molecule has 8 aliphatic rings. The first kappa shape index (κ1) is 64.2. The minimum atomic E-state index is -6.12. The van der Waals surface area contributed by atoms with Gasteiger partial charge in [-0.1, -0.05) is 62.6 Å². The van der Waals surface area contributed by atoms with Gasteiger partial charge < -0.3 is 25.3 Å². The van der Waals surface area contributed by atoms with Crippen LogP contribution in [0.4, 0.5) is 30.2 Å². The molecule has 2 atom stereocenters. The molecule has 4 aliphatic heterocycles. The Morgan fingerprint density at radius 3 is 2.11 bits per heavy atom. The van der Waals surface area contributed by atoms with E-state index in [1.807, 2.05) is 35.1 Å². The Balaban J connectivity index is 0.667. The van der Waals surface area contributed by atoms with E-state index < -0.39 is 82.5 Å². The molecule has 478 valence electrons. The number of sulfone groups is 1. The molecule has 24 heteroatoms. The number of nitrogens with one attached hydrogen (secondary N) is 4. The number of fused-ring (bicyclic) bond motifs is 1. The molecule has 3 saturated carbocycles. The number of benzene rings is 4. The van der Waals surface area contributed by atoms with Crippen molar-refractivity contribution in [3.8, 4) is 0 Å². The summed E-state index contributed by atoms with van der Waals surface area (Å²) in [6.07, 6.45) is 10.6. The maximum atomic E-state index is 14.5. The van der Waals surface area contributed by atoms with Gasteiger partial charge in [0, 0.05) is 112 Å². The molecule has 18 nitrogen and oxygen atoms in total. The molecule has 0 aromatic heterocycles. The quantitative estimate of drug-likeness (QED) is 0.0222. The van der Waals surface area contributed by atoms with Crippen molar-refractivity contribution in [3.05, 3.63) is 119 Å². The first-order valence-electron chi connectivity index (χ1n) is 31.1. The van der Waals surface area contributed by atoms with Gasteiger partial charge in [-0.3, -0.25) is 39.1 Å². The van der Waals surface area contributed by atoms with Crippen LogP contribution in [0.25, 0.3) is 0 Å². The highest BCUT2D eigenvalue weighted by Gasteiger charge is 2.67. The van der Waals surface area contributed by atoms with Crippen molar-refractivity contribution in [1.29, 1.82) is 0 Å². The number of halogens is 3. The van der Waals surface area contributed by atoms with E-state index in [2.05, 4.69) is 56.3 Å². The van der Waals surface area contributed by atoms with Crippen LogP contribution in [0.5, 0.6) is 0 Å². The molecule has 4 N–H and O–H groups in total. The first-order valence-corrected chi connectivity index (χ1v) is 35.0. The fraction of sp³-hybridized carbons (Fsp3) is 0.523. The predicted octanol–water partition coefficient (Wildman–Crippen LogP) is 9.18. The molecule has 89 heavy (non-hydrogen) atoms. The number of piperidine rings is 1. The van der Waals surface area contributed by atoms with Crippen molar-refractivity contribution in [1.82, 2.24) is 29.6 Å². The smallest absolute Gasteiger partial charge is 0.384 e. The van der Waals surface area contributed by atoms with E-state index in [0.29, 0.717) is 66.4 Å². The van der Waals surface area contributed by atoms with Gasteiger partial charge in [0.1, 0.15) is 10.9 Å². The lowest BCUT2D eigenvalue weighted by Crippen LogP contribution is -2.61. The molecule has 2 bridgehead atoms. The Bertz CT molecular complexity index is 3610. The van der Waals surface area contributed by atoms with E-state index >= 15 is 0 Å². The number of amides is 5. The summed E-state index contributed by atoms with van der Waals surface area (Å²) < 4.78 is 99.9. The second-order valence-electron chi connectivity index (χ2n) is 26.5. The SMILES string of the molecule is CC1(C)CCC(CN2CCN(c3ccc(C(=O)NS(=O)(=O)c4ccc(NC(CCN5CCN(CCCCCNc6cccc7c6C(=O)N(C6CCC(=O)NC6=O)C7=O)CC5)CSc5ccccc5)c(S(=O)(=O)C(F)(F)F)c4)cc3)CC2)=C(C23CC(C)(C2)C3)C1. The number of hydrogen-bond acceptors (Lipinski definition) is 16. The summed E-state index contributed by atoms with van der Waals surface area (Å²) >= 11 is 1.44. The highest BCUT2D eigenvalue weighted by molar-refractivity contribution is 7.99. The summed E-state index contributed by atoms with van der Waals surface area (Å²) in [7, 11) is -11.0. The van der Waals surface area contributed by atoms with Crippen LogP contribution >= 0.6 is 11.8 Å². The van der Waals surface area contributed by atoms with Gasteiger partial charge in [-0.25, -0.2) is 21.6 Å². The summed E-state index contributed by atoms with van der Waals surface area (Å²) in [5, 5.41) is 8.57. The topological polar surface area (TPSA) is 218 Å².